The van der Waals surface area contributed by atoms with Gasteiger partial charge in [-0.3, -0.25) is 4.79 Å². The normalized spacial score (nSPS) is 16.8. The number of amides is 3. The van der Waals surface area contributed by atoms with Gasteiger partial charge in [0, 0.05) is 31.3 Å². The van der Waals surface area contributed by atoms with E-state index in [0.29, 0.717) is 25.3 Å². The molecule has 144 valence electrons. The summed E-state index contributed by atoms with van der Waals surface area (Å²) < 4.78 is 5.21. The lowest BCUT2D eigenvalue weighted by Crippen LogP contribution is -2.44. The predicted molar refractivity (Wildman–Crippen MR) is 103 cm³/mol. The van der Waals surface area contributed by atoms with Crippen molar-refractivity contribution in [3.63, 3.8) is 0 Å². The second-order valence-electron chi connectivity index (χ2n) is 6.39. The van der Waals surface area contributed by atoms with Gasteiger partial charge in [-0.15, -0.1) is 0 Å². The van der Waals surface area contributed by atoms with Crippen molar-refractivity contribution in [1.29, 1.82) is 0 Å². The second-order valence-corrected chi connectivity index (χ2v) is 6.39. The summed E-state index contributed by atoms with van der Waals surface area (Å²) >= 11 is 0. The van der Waals surface area contributed by atoms with Gasteiger partial charge in [-0.1, -0.05) is 19.9 Å². The number of carbonyl (C=O) groups is 2. The molecular weight excluding hydrogens is 332 g/mol. The van der Waals surface area contributed by atoms with Crippen LogP contribution in [0, 0.1) is 0 Å². The van der Waals surface area contributed by atoms with Crippen molar-refractivity contribution in [2.24, 2.45) is 0 Å². The van der Waals surface area contributed by atoms with Crippen LogP contribution in [-0.4, -0.2) is 62.7 Å². The third-order valence-corrected chi connectivity index (χ3v) is 4.66. The fraction of sp³-hybridized carbons (Fsp3) is 0.579. The molecular formula is C19H30N4O3. The molecule has 7 nitrogen and oxygen atoms in total. The van der Waals surface area contributed by atoms with E-state index < -0.39 is 0 Å². The van der Waals surface area contributed by atoms with Crippen LogP contribution in [0.1, 0.15) is 26.7 Å². The van der Waals surface area contributed by atoms with Crippen LogP contribution in [0.25, 0.3) is 0 Å². The summed E-state index contributed by atoms with van der Waals surface area (Å²) in [7, 11) is 1.60. The van der Waals surface area contributed by atoms with Crippen LogP contribution in [0.3, 0.4) is 0 Å². The fourth-order valence-electron chi connectivity index (χ4n) is 3.11. The van der Waals surface area contributed by atoms with E-state index in [0.717, 1.165) is 31.7 Å². The Morgan fingerprint density at radius 3 is 2.81 bits per heavy atom. The molecule has 26 heavy (non-hydrogen) atoms. The van der Waals surface area contributed by atoms with Gasteiger partial charge < -0.3 is 25.2 Å². The number of hydrogen-bond donors (Lipinski definition) is 2. The van der Waals surface area contributed by atoms with Gasteiger partial charge in [0.1, 0.15) is 5.75 Å². The minimum absolute atomic E-state index is 0.00471. The smallest absolute Gasteiger partial charge is 0.315 e. The van der Waals surface area contributed by atoms with Crippen LogP contribution in [0.15, 0.2) is 24.3 Å². The highest BCUT2D eigenvalue weighted by Crippen LogP contribution is 2.25. The first-order valence-electron chi connectivity index (χ1n) is 9.28. The summed E-state index contributed by atoms with van der Waals surface area (Å²) in [6, 6.07) is 6.99. The Morgan fingerprint density at radius 1 is 1.35 bits per heavy atom. The second kappa shape index (κ2) is 10.0. The molecule has 0 radical (unpaired) electrons. The number of methoxy groups -OCH3 is 1. The van der Waals surface area contributed by atoms with Crippen LogP contribution < -0.4 is 20.3 Å². The van der Waals surface area contributed by atoms with Crippen LogP contribution in [-0.2, 0) is 4.79 Å². The number of rotatable bonds is 9. The quantitative estimate of drug-likeness (QED) is 0.658. The van der Waals surface area contributed by atoms with E-state index in [9.17, 15) is 9.59 Å². The van der Waals surface area contributed by atoms with E-state index in [-0.39, 0.29) is 18.0 Å². The molecule has 1 fully saturated rings. The average Bonchev–Trinajstić information content (AvgIpc) is 3.02. The largest absolute Gasteiger partial charge is 0.497 e. The lowest BCUT2D eigenvalue weighted by molar-refractivity contribution is -0.117. The van der Waals surface area contributed by atoms with E-state index in [4.69, 9.17) is 4.74 Å². The maximum atomic E-state index is 12.3. The van der Waals surface area contributed by atoms with Gasteiger partial charge in [-0.05, 0) is 38.2 Å². The van der Waals surface area contributed by atoms with Crippen LogP contribution >= 0.6 is 0 Å². The van der Waals surface area contributed by atoms with E-state index in [1.807, 2.05) is 24.3 Å². The molecule has 0 aromatic heterocycles. The predicted octanol–water partition coefficient (Wildman–Crippen LogP) is 1.83. The van der Waals surface area contributed by atoms with Crippen molar-refractivity contribution in [1.82, 2.24) is 15.5 Å². The molecule has 0 bridgehead atoms. The Hall–Kier alpha value is -2.28. The zero-order valence-corrected chi connectivity index (χ0v) is 16.0. The summed E-state index contributed by atoms with van der Waals surface area (Å²) in [6.45, 7) is 8.38. The number of nitrogens with one attached hydrogen (secondary N) is 2. The molecule has 0 saturated carbocycles. The van der Waals surface area contributed by atoms with Crippen molar-refractivity contribution in [3.05, 3.63) is 24.3 Å². The molecule has 3 amide bonds. The molecule has 0 spiro atoms. The number of ether oxygens (including phenoxy) is 1. The highest BCUT2D eigenvalue weighted by Gasteiger charge is 2.31. The highest BCUT2D eigenvalue weighted by molar-refractivity contribution is 5.97. The Kier molecular flexibility index (Phi) is 7.72. The monoisotopic (exact) mass is 362 g/mol. The third-order valence-electron chi connectivity index (χ3n) is 4.66. The SMILES string of the molecule is CCN(CC)CCCNC(=O)N[C@H]1CC(=O)N(c2cccc(OC)c2)C1. The van der Waals surface area contributed by atoms with Gasteiger partial charge in [0.05, 0.1) is 13.2 Å². The summed E-state index contributed by atoms with van der Waals surface area (Å²) in [5.41, 5.74) is 0.790. The summed E-state index contributed by atoms with van der Waals surface area (Å²) in [5, 5.41) is 5.77. The lowest BCUT2D eigenvalue weighted by atomic mass is 10.2. The summed E-state index contributed by atoms with van der Waals surface area (Å²) in [5.74, 6) is 0.711. The first-order valence-corrected chi connectivity index (χ1v) is 9.28. The molecule has 2 N–H and O–H groups in total. The number of urea groups is 1. The van der Waals surface area contributed by atoms with Crippen molar-refractivity contribution in [2.45, 2.75) is 32.7 Å². The molecule has 7 heteroatoms. The standard InChI is InChI=1S/C19H30N4O3/c1-4-22(5-2)11-7-10-20-19(25)21-15-12-18(24)23(14-15)16-8-6-9-17(13-16)26-3/h6,8-9,13,15H,4-5,7,10-12,14H2,1-3H3,(H2,20,21,25)/t15-/m0/s1. The molecule has 1 aliphatic heterocycles. The molecule has 2 rings (SSSR count). The highest BCUT2D eigenvalue weighted by atomic mass is 16.5. The molecule has 1 saturated heterocycles. The minimum Gasteiger partial charge on any atom is -0.497 e. The Labute approximate surface area is 155 Å². The maximum absolute atomic E-state index is 12.3. The van der Waals surface area contributed by atoms with Gasteiger partial charge >= 0.3 is 6.03 Å². The number of anilines is 1. The van der Waals surface area contributed by atoms with Gasteiger partial charge in [0.25, 0.3) is 0 Å². The molecule has 0 aliphatic carbocycles. The molecule has 0 unspecified atom stereocenters. The van der Waals surface area contributed by atoms with Crippen molar-refractivity contribution < 1.29 is 14.3 Å². The van der Waals surface area contributed by atoms with Crippen molar-refractivity contribution >= 4 is 17.6 Å². The first-order chi connectivity index (χ1) is 12.6. The Bertz CT molecular complexity index is 604. The molecule has 1 aromatic carbocycles. The molecule has 1 heterocycles. The van der Waals surface area contributed by atoms with Gasteiger partial charge in [0.15, 0.2) is 0 Å². The third kappa shape index (κ3) is 5.62. The number of nitrogens with zero attached hydrogens (tertiary/aromatic N) is 2. The van der Waals surface area contributed by atoms with Gasteiger partial charge in [0.2, 0.25) is 5.91 Å². The zero-order valence-electron chi connectivity index (χ0n) is 16.0. The number of hydrogen-bond acceptors (Lipinski definition) is 4. The van der Waals surface area contributed by atoms with Crippen molar-refractivity contribution in [3.8, 4) is 5.75 Å². The van der Waals surface area contributed by atoms with Crippen molar-refractivity contribution in [2.75, 3.05) is 44.7 Å². The number of benzene rings is 1. The topological polar surface area (TPSA) is 73.9 Å². The maximum Gasteiger partial charge on any atom is 0.315 e. The van der Waals surface area contributed by atoms with E-state index in [1.54, 1.807) is 12.0 Å². The van der Waals surface area contributed by atoms with E-state index in [2.05, 4.69) is 29.4 Å². The van der Waals surface area contributed by atoms with Crippen LogP contribution in [0.5, 0.6) is 5.75 Å². The van der Waals surface area contributed by atoms with E-state index in [1.165, 1.54) is 0 Å². The Morgan fingerprint density at radius 2 is 2.12 bits per heavy atom. The minimum atomic E-state index is -0.213. The molecule has 1 atom stereocenters. The van der Waals surface area contributed by atoms with Crippen LogP contribution in [0.2, 0.25) is 0 Å². The number of carbonyl (C=O) groups excluding carboxylic acids is 2. The lowest BCUT2D eigenvalue weighted by Gasteiger charge is -2.19. The van der Waals surface area contributed by atoms with Gasteiger partial charge in [-0.2, -0.15) is 0 Å². The fourth-order valence-corrected chi connectivity index (χ4v) is 3.11. The zero-order chi connectivity index (χ0) is 18.9. The van der Waals surface area contributed by atoms with Gasteiger partial charge in [-0.25, -0.2) is 4.79 Å². The average molecular weight is 362 g/mol. The van der Waals surface area contributed by atoms with E-state index >= 15 is 0 Å². The Balaban J connectivity index is 1.77. The molecule has 1 aromatic rings. The first kappa shape index (κ1) is 20.0. The summed E-state index contributed by atoms with van der Waals surface area (Å²) in [6.07, 6.45) is 1.22. The summed E-state index contributed by atoms with van der Waals surface area (Å²) in [4.78, 5) is 28.3. The molecule has 1 aliphatic rings. The van der Waals surface area contributed by atoms with Crippen LogP contribution in [0.4, 0.5) is 10.5 Å².